The zero-order valence-corrected chi connectivity index (χ0v) is 9.91. The van der Waals surface area contributed by atoms with Gasteiger partial charge >= 0.3 is 0 Å². The van der Waals surface area contributed by atoms with E-state index in [0.717, 1.165) is 5.56 Å². The maximum atomic E-state index is 13.5. The van der Waals surface area contributed by atoms with E-state index in [0.29, 0.717) is 26.1 Å². The molecule has 0 bridgehead atoms. The molecule has 0 saturated carbocycles. The fraction of sp³-hybridized carbons (Fsp3) is 0.538. The van der Waals surface area contributed by atoms with E-state index in [1.807, 2.05) is 6.92 Å². The van der Waals surface area contributed by atoms with Crippen LogP contribution in [0.2, 0.25) is 0 Å². The zero-order valence-electron chi connectivity index (χ0n) is 9.91. The highest BCUT2D eigenvalue weighted by Crippen LogP contribution is 2.24. The highest BCUT2D eigenvalue weighted by atomic mass is 19.1. The highest BCUT2D eigenvalue weighted by molar-refractivity contribution is 5.28. The van der Waals surface area contributed by atoms with Crippen LogP contribution >= 0.6 is 0 Å². The summed E-state index contributed by atoms with van der Waals surface area (Å²) in [6.07, 6.45) is 1.06. The number of rotatable bonds is 3. The third-order valence-corrected chi connectivity index (χ3v) is 3.01. The average molecular weight is 240 g/mol. The number of hydrogen-bond acceptors (Lipinski definition) is 3. The van der Waals surface area contributed by atoms with Gasteiger partial charge in [-0.1, -0.05) is 6.07 Å². The van der Waals surface area contributed by atoms with Crippen molar-refractivity contribution in [2.75, 3.05) is 19.8 Å². The second kappa shape index (κ2) is 5.02. The molecule has 17 heavy (non-hydrogen) atoms. The molecular weight excluding hydrogens is 223 g/mol. The Morgan fingerprint density at radius 3 is 2.76 bits per heavy atom. The Hall–Kier alpha value is -1.13. The zero-order chi connectivity index (χ0) is 12.3. The second-order valence-corrected chi connectivity index (χ2v) is 4.56. The molecule has 3 nitrogen and oxygen atoms in total. The van der Waals surface area contributed by atoms with Crippen molar-refractivity contribution < 1.29 is 19.0 Å². The average Bonchev–Trinajstić information content (AvgIpc) is 2.29. The Bertz CT molecular complexity index is 386. The minimum atomic E-state index is -0.893. The van der Waals surface area contributed by atoms with Crippen molar-refractivity contribution in [3.05, 3.63) is 29.6 Å². The Labute approximate surface area is 100 Å². The van der Waals surface area contributed by atoms with Crippen molar-refractivity contribution >= 4 is 0 Å². The molecule has 0 aromatic heterocycles. The van der Waals surface area contributed by atoms with Gasteiger partial charge in [-0.15, -0.1) is 0 Å². The predicted molar refractivity (Wildman–Crippen MR) is 61.6 cm³/mol. The number of hydrogen-bond donors (Lipinski definition) is 1. The molecule has 1 heterocycles. The topological polar surface area (TPSA) is 38.7 Å². The first-order valence-electron chi connectivity index (χ1n) is 5.78. The van der Waals surface area contributed by atoms with Crippen molar-refractivity contribution in [1.29, 1.82) is 0 Å². The molecule has 1 aromatic rings. The van der Waals surface area contributed by atoms with E-state index < -0.39 is 5.60 Å². The largest absolute Gasteiger partial charge is 0.488 e. The minimum Gasteiger partial charge on any atom is -0.488 e. The minimum absolute atomic E-state index is 0.107. The monoisotopic (exact) mass is 240 g/mol. The Balaban J connectivity index is 1.97. The maximum Gasteiger partial charge on any atom is 0.165 e. The number of aliphatic hydroxyl groups is 1. The molecule has 1 fully saturated rings. The van der Waals surface area contributed by atoms with Crippen LogP contribution in [0, 0.1) is 12.7 Å². The van der Waals surface area contributed by atoms with Gasteiger partial charge in [0, 0.05) is 26.1 Å². The lowest BCUT2D eigenvalue weighted by atomic mass is 9.96. The molecule has 1 N–H and O–H groups in total. The van der Waals surface area contributed by atoms with Crippen LogP contribution in [0.1, 0.15) is 18.4 Å². The summed E-state index contributed by atoms with van der Waals surface area (Å²) in [7, 11) is 0. The van der Waals surface area contributed by atoms with Crippen LogP contribution in [0.4, 0.5) is 4.39 Å². The van der Waals surface area contributed by atoms with Gasteiger partial charge in [0.25, 0.3) is 0 Å². The first kappa shape index (κ1) is 12.3. The molecule has 94 valence electrons. The third-order valence-electron chi connectivity index (χ3n) is 3.01. The third kappa shape index (κ3) is 3.17. The molecule has 0 aliphatic carbocycles. The van der Waals surface area contributed by atoms with Crippen molar-refractivity contribution in [1.82, 2.24) is 0 Å². The highest BCUT2D eigenvalue weighted by Gasteiger charge is 2.30. The van der Waals surface area contributed by atoms with Crippen LogP contribution < -0.4 is 4.74 Å². The molecule has 0 amide bonds. The fourth-order valence-corrected chi connectivity index (χ4v) is 1.83. The van der Waals surface area contributed by atoms with Crippen LogP contribution in [0.25, 0.3) is 0 Å². The van der Waals surface area contributed by atoms with Crippen molar-refractivity contribution in [3.8, 4) is 5.75 Å². The van der Waals surface area contributed by atoms with Crippen LogP contribution in [-0.4, -0.2) is 30.5 Å². The molecule has 0 radical (unpaired) electrons. The summed E-state index contributed by atoms with van der Waals surface area (Å²) in [5, 5.41) is 10.2. The summed E-state index contributed by atoms with van der Waals surface area (Å²) in [6, 6.07) is 4.79. The van der Waals surface area contributed by atoms with E-state index in [4.69, 9.17) is 9.47 Å². The molecule has 1 aliphatic rings. The summed E-state index contributed by atoms with van der Waals surface area (Å²) < 4.78 is 24.0. The first-order valence-corrected chi connectivity index (χ1v) is 5.78. The molecule has 0 spiro atoms. The molecule has 0 unspecified atom stereocenters. The molecular formula is C13H17FO3. The molecule has 4 heteroatoms. The van der Waals surface area contributed by atoms with Gasteiger partial charge in [0.2, 0.25) is 0 Å². The smallest absolute Gasteiger partial charge is 0.165 e. The van der Waals surface area contributed by atoms with E-state index in [9.17, 15) is 9.50 Å². The van der Waals surface area contributed by atoms with Crippen LogP contribution in [0.15, 0.2) is 18.2 Å². The quantitative estimate of drug-likeness (QED) is 0.878. The lowest BCUT2D eigenvalue weighted by Gasteiger charge is -2.31. The summed E-state index contributed by atoms with van der Waals surface area (Å²) >= 11 is 0. The Kier molecular flexibility index (Phi) is 3.64. The fourth-order valence-electron chi connectivity index (χ4n) is 1.83. The van der Waals surface area contributed by atoms with Crippen LogP contribution in [0.5, 0.6) is 5.75 Å². The molecule has 1 aromatic carbocycles. The van der Waals surface area contributed by atoms with E-state index >= 15 is 0 Å². The summed E-state index contributed by atoms with van der Waals surface area (Å²) in [6.45, 7) is 2.97. The van der Waals surface area contributed by atoms with E-state index in [-0.39, 0.29) is 18.2 Å². The summed E-state index contributed by atoms with van der Waals surface area (Å²) in [5.41, 5.74) is -0.0464. The number of benzene rings is 1. The van der Waals surface area contributed by atoms with Crippen molar-refractivity contribution in [2.45, 2.75) is 25.4 Å². The van der Waals surface area contributed by atoms with Gasteiger partial charge in [0.15, 0.2) is 11.6 Å². The SMILES string of the molecule is Cc1ccc(OCC2(O)CCOCC2)c(F)c1. The molecule has 1 aliphatic heterocycles. The normalized spacial score (nSPS) is 19.0. The van der Waals surface area contributed by atoms with E-state index in [1.54, 1.807) is 12.1 Å². The second-order valence-electron chi connectivity index (χ2n) is 4.56. The number of ether oxygens (including phenoxy) is 2. The predicted octanol–water partition coefficient (Wildman–Crippen LogP) is 2.05. The van der Waals surface area contributed by atoms with Gasteiger partial charge in [-0.2, -0.15) is 0 Å². The van der Waals surface area contributed by atoms with E-state index in [1.165, 1.54) is 6.07 Å². The van der Waals surface area contributed by atoms with Gasteiger partial charge < -0.3 is 14.6 Å². The standard InChI is InChI=1S/C13H17FO3/c1-10-2-3-12(11(14)8-10)17-9-13(15)4-6-16-7-5-13/h2-3,8,15H,4-7,9H2,1H3. The van der Waals surface area contributed by atoms with Gasteiger partial charge in [0.1, 0.15) is 12.2 Å². The van der Waals surface area contributed by atoms with Gasteiger partial charge in [-0.05, 0) is 24.6 Å². The molecule has 2 rings (SSSR count). The summed E-state index contributed by atoms with van der Waals surface area (Å²) in [4.78, 5) is 0. The van der Waals surface area contributed by atoms with Gasteiger partial charge in [-0.25, -0.2) is 4.39 Å². The molecule has 1 saturated heterocycles. The van der Waals surface area contributed by atoms with Gasteiger partial charge in [-0.3, -0.25) is 0 Å². The molecule has 0 atom stereocenters. The lowest BCUT2D eigenvalue weighted by Crippen LogP contribution is -2.41. The van der Waals surface area contributed by atoms with Crippen molar-refractivity contribution in [3.63, 3.8) is 0 Å². The van der Waals surface area contributed by atoms with E-state index in [2.05, 4.69) is 0 Å². The first-order chi connectivity index (χ1) is 8.09. The summed E-state index contributed by atoms with van der Waals surface area (Å²) in [5.74, 6) is -0.198. The van der Waals surface area contributed by atoms with Crippen LogP contribution in [0.3, 0.4) is 0 Å². The number of halogens is 1. The number of aryl methyl sites for hydroxylation is 1. The van der Waals surface area contributed by atoms with Gasteiger partial charge in [0.05, 0.1) is 0 Å². The Morgan fingerprint density at radius 1 is 1.41 bits per heavy atom. The van der Waals surface area contributed by atoms with Crippen LogP contribution in [-0.2, 0) is 4.74 Å². The lowest BCUT2D eigenvalue weighted by molar-refractivity contribution is -0.0860. The Morgan fingerprint density at radius 2 is 2.12 bits per heavy atom. The maximum absolute atomic E-state index is 13.5. The van der Waals surface area contributed by atoms with Crippen molar-refractivity contribution in [2.24, 2.45) is 0 Å².